The fourth-order valence-corrected chi connectivity index (χ4v) is 1.86. The highest BCUT2D eigenvalue weighted by Crippen LogP contribution is 2.43. The molecule has 0 unspecified atom stereocenters. The molecule has 1 aromatic heterocycles. The molecule has 1 aromatic rings. The number of carbonyl (C=O) groups excluding carboxylic acids is 1. The van der Waals surface area contributed by atoms with E-state index in [2.05, 4.69) is 5.32 Å². The number of hydrogen-bond acceptors (Lipinski definition) is 3. The number of carbonyl (C=O) groups is 1. The van der Waals surface area contributed by atoms with Crippen LogP contribution in [0.25, 0.3) is 0 Å². The Morgan fingerprint density at radius 2 is 2.29 bits per heavy atom. The summed E-state index contributed by atoms with van der Waals surface area (Å²) in [5.41, 5.74) is 5.86. The van der Waals surface area contributed by atoms with Crippen LogP contribution in [0, 0.1) is 12.3 Å². The molecular formula is C13H20N2O2. The van der Waals surface area contributed by atoms with E-state index < -0.39 is 0 Å². The molecule has 1 saturated carbocycles. The van der Waals surface area contributed by atoms with Gasteiger partial charge in [0, 0.05) is 19.4 Å². The van der Waals surface area contributed by atoms with Crippen LogP contribution < -0.4 is 11.1 Å². The van der Waals surface area contributed by atoms with Gasteiger partial charge in [-0.05, 0) is 43.9 Å². The minimum atomic E-state index is 0.0822. The van der Waals surface area contributed by atoms with Crippen molar-refractivity contribution in [3.8, 4) is 0 Å². The number of amides is 1. The Morgan fingerprint density at radius 1 is 1.53 bits per heavy atom. The van der Waals surface area contributed by atoms with E-state index in [1.165, 1.54) is 0 Å². The Bertz CT molecular complexity index is 394. The first kappa shape index (κ1) is 12.2. The fourth-order valence-electron chi connectivity index (χ4n) is 1.86. The number of rotatable bonds is 6. The van der Waals surface area contributed by atoms with Gasteiger partial charge in [-0.2, -0.15) is 0 Å². The molecule has 0 saturated heterocycles. The maximum absolute atomic E-state index is 11.6. The molecule has 1 aliphatic rings. The molecule has 1 fully saturated rings. The Morgan fingerprint density at radius 3 is 2.82 bits per heavy atom. The van der Waals surface area contributed by atoms with Crippen LogP contribution in [0.2, 0.25) is 0 Å². The zero-order chi connectivity index (χ0) is 12.3. The molecule has 94 valence electrons. The second-order valence-corrected chi connectivity index (χ2v) is 4.99. The van der Waals surface area contributed by atoms with Gasteiger partial charge in [-0.15, -0.1) is 0 Å². The quantitative estimate of drug-likeness (QED) is 0.784. The predicted octanol–water partition coefficient (Wildman–Crippen LogP) is 1.38. The van der Waals surface area contributed by atoms with E-state index in [-0.39, 0.29) is 11.3 Å². The van der Waals surface area contributed by atoms with Crippen molar-refractivity contribution < 1.29 is 9.21 Å². The molecule has 0 atom stereocenters. The van der Waals surface area contributed by atoms with Crippen LogP contribution in [0.5, 0.6) is 0 Å². The number of aryl methyl sites for hydroxylation is 2. The van der Waals surface area contributed by atoms with Crippen molar-refractivity contribution in [2.45, 2.75) is 32.6 Å². The number of nitrogens with one attached hydrogen (secondary N) is 1. The minimum absolute atomic E-state index is 0.0822. The topological polar surface area (TPSA) is 68.3 Å². The maximum Gasteiger partial charge on any atom is 0.220 e. The molecule has 1 heterocycles. The van der Waals surface area contributed by atoms with Crippen molar-refractivity contribution in [2.75, 3.05) is 13.1 Å². The average molecular weight is 236 g/mol. The summed E-state index contributed by atoms with van der Waals surface area (Å²) < 4.78 is 5.41. The molecule has 0 aliphatic heterocycles. The summed E-state index contributed by atoms with van der Waals surface area (Å²) >= 11 is 0. The van der Waals surface area contributed by atoms with Gasteiger partial charge in [-0.3, -0.25) is 4.79 Å². The normalized spacial score (nSPS) is 16.8. The van der Waals surface area contributed by atoms with Crippen molar-refractivity contribution in [3.05, 3.63) is 23.7 Å². The van der Waals surface area contributed by atoms with Gasteiger partial charge in [-0.25, -0.2) is 0 Å². The van der Waals surface area contributed by atoms with Crippen LogP contribution >= 0.6 is 0 Å². The smallest absolute Gasteiger partial charge is 0.220 e. The second kappa shape index (κ2) is 4.92. The van der Waals surface area contributed by atoms with Crippen molar-refractivity contribution in [2.24, 2.45) is 11.1 Å². The van der Waals surface area contributed by atoms with E-state index in [1.807, 2.05) is 19.1 Å². The number of hydrogen-bond donors (Lipinski definition) is 2. The highest BCUT2D eigenvalue weighted by atomic mass is 16.3. The van der Waals surface area contributed by atoms with E-state index in [0.29, 0.717) is 19.4 Å². The summed E-state index contributed by atoms with van der Waals surface area (Å²) in [5, 5.41) is 2.95. The third-order valence-electron chi connectivity index (χ3n) is 3.45. The molecule has 17 heavy (non-hydrogen) atoms. The van der Waals surface area contributed by atoms with Gasteiger partial charge in [0.2, 0.25) is 5.91 Å². The van der Waals surface area contributed by atoms with Crippen molar-refractivity contribution in [1.82, 2.24) is 5.32 Å². The molecule has 1 aliphatic carbocycles. The van der Waals surface area contributed by atoms with Crippen molar-refractivity contribution >= 4 is 5.91 Å². The first-order chi connectivity index (χ1) is 8.13. The van der Waals surface area contributed by atoms with Gasteiger partial charge in [0.1, 0.15) is 11.5 Å². The summed E-state index contributed by atoms with van der Waals surface area (Å²) in [6.07, 6.45) is 3.42. The van der Waals surface area contributed by atoms with Crippen LogP contribution in [-0.4, -0.2) is 19.0 Å². The molecule has 4 nitrogen and oxygen atoms in total. The van der Waals surface area contributed by atoms with Crippen LogP contribution in [-0.2, 0) is 11.2 Å². The molecule has 2 rings (SSSR count). The standard InChI is InChI=1S/C13H20N2O2/c1-10-2-3-11(17-10)4-5-12(16)15-9-13(8-14)6-7-13/h2-3H,4-9,14H2,1H3,(H,15,16). The van der Waals surface area contributed by atoms with E-state index in [4.69, 9.17) is 10.2 Å². The van der Waals surface area contributed by atoms with Gasteiger partial charge in [0.25, 0.3) is 0 Å². The lowest BCUT2D eigenvalue weighted by atomic mass is 10.1. The monoisotopic (exact) mass is 236 g/mol. The SMILES string of the molecule is Cc1ccc(CCC(=O)NCC2(CN)CC2)o1. The molecule has 1 amide bonds. The summed E-state index contributed by atoms with van der Waals surface area (Å²) in [5.74, 6) is 1.84. The summed E-state index contributed by atoms with van der Waals surface area (Å²) in [4.78, 5) is 11.6. The first-order valence-corrected chi connectivity index (χ1v) is 6.16. The van der Waals surface area contributed by atoms with Gasteiger partial charge < -0.3 is 15.5 Å². The predicted molar refractivity (Wildman–Crippen MR) is 65.5 cm³/mol. The van der Waals surface area contributed by atoms with Crippen LogP contribution in [0.4, 0.5) is 0 Å². The number of nitrogens with two attached hydrogens (primary N) is 1. The van der Waals surface area contributed by atoms with Crippen molar-refractivity contribution in [1.29, 1.82) is 0 Å². The second-order valence-electron chi connectivity index (χ2n) is 4.99. The van der Waals surface area contributed by atoms with Gasteiger partial charge in [0.05, 0.1) is 0 Å². The Hall–Kier alpha value is -1.29. The average Bonchev–Trinajstić information content (AvgIpc) is 3.00. The van der Waals surface area contributed by atoms with Crippen LogP contribution in [0.3, 0.4) is 0 Å². The Balaban J connectivity index is 1.67. The maximum atomic E-state index is 11.6. The largest absolute Gasteiger partial charge is 0.466 e. The highest BCUT2D eigenvalue weighted by Gasteiger charge is 2.41. The molecule has 3 N–H and O–H groups in total. The van der Waals surface area contributed by atoms with Crippen LogP contribution in [0.1, 0.15) is 30.8 Å². The molecule has 0 aromatic carbocycles. The Kier molecular flexibility index (Phi) is 3.52. The third-order valence-corrected chi connectivity index (χ3v) is 3.45. The molecule has 4 heteroatoms. The van der Waals surface area contributed by atoms with Gasteiger partial charge in [0.15, 0.2) is 0 Å². The van der Waals surface area contributed by atoms with Gasteiger partial charge >= 0.3 is 0 Å². The Labute approximate surface area is 102 Å². The van der Waals surface area contributed by atoms with E-state index in [1.54, 1.807) is 0 Å². The zero-order valence-corrected chi connectivity index (χ0v) is 10.3. The summed E-state index contributed by atoms with van der Waals surface area (Å²) in [6.45, 7) is 3.30. The fraction of sp³-hybridized carbons (Fsp3) is 0.615. The van der Waals surface area contributed by atoms with Crippen LogP contribution in [0.15, 0.2) is 16.5 Å². The lowest BCUT2D eigenvalue weighted by molar-refractivity contribution is -0.121. The van der Waals surface area contributed by atoms with Gasteiger partial charge in [-0.1, -0.05) is 0 Å². The van der Waals surface area contributed by atoms with E-state index in [0.717, 1.165) is 30.9 Å². The lowest BCUT2D eigenvalue weighted by Gasteiger charge is -2.12. The molecule has 0 spiro atoms. The first-order valence-electron chi connectivity index (χ1n) is 6.16. The lowest BCUT2D eigenvalue weighted by Crippen LogP contribution is -2.33. The van der Waals surface area contributed by atoms with E-state index in [9.17, 15) is 4.79 Å². The zero-order valence-electron chi connectivity index (χ0n) is 10.3. The summed E-state index contributed by atoms with van der Waals surface area (Å²) in [6, 6.07) is 3.84. The molecule has 0 bridgehead atoms. The molecule has 0 radical (unpaired) electrons. The summed E-state index contributed by atoms with van der Waals surface area (Å²) in [7, 11) is 0. The molecular weight excluding hydrogens is 216 g/mol. The van der Waals surface area contributed by atoms with Crippen molar-refractivity contribution in [3.63, 3.8) is 0 Å². The number of furan rings is 1. The third kappa shape index (κ3) is 3.33. The minimum Gasteiger partial charge on any atom is -0.466 e. The van der Waals surface area contributed by atoms with E-state index >= 15 is 0 Å². The highest BCUT2D eigenvalue weighted by molar-refractivity contribution is 5.76.